The second-order valence-corrected chi connectivity index (χ2v) is 6.19. The van der Waals surface area contributed by atoms with Gasteiger partial charge in [0.1, 0.15) is 0 Å². The number of nitrogens with one attached hydrogen (secondary N) is 1. The molecule has 1 nitrogen and oxygen atoms in total. The first-order chi connectivity index (χ1) is 8.27. The van der Waals surface area contributed by atoms with E-state index in [-0.39, 0.29) is 0 Å². The van der Waals surface area contributed by atoms with E-state index in [1.165, 1.54) is 37.7 Å². The van der Waals surface area contributed by atoms with E-state index in [9.17, 15) is 0 Å². The molecule has 0 aliphatic heterocycles. The summed E-state index contributed by atoms with van der Waals surface area (Å²) >= 11 is 0. The lowest BCUT2D eigenvalue weighted by atomic mass is 9.77. The highest BCUT2D eigenvalue weighted by molar-refractivity contribution is 5.14. The predicted molar refractivity (Wildman–Crippen MR) is 71.8 cm³/mol. The molecule has 2 aliphatic rings. The van der Waals surface area contributed by atoms with Crippen molar-refractivity contribution in [3.8, 4) is 0 Å². The summed E-state index contributed by atoms with van der Waals surface area (Å²) in [7, 11) is 0. The van der Waals surface area contributed by atoms with Gasteiger partial charge in [-0.25, -0.2) is 0 Å². The molecule has 1 spiro atoms. The van der Waals surface area contributed by atoms with Crippen molar-refractivity contribution in [1.82, 2.24) is 5.32 Å². The third-order valence-electron chi connectivity index (χ3n) is 4.84. The Labute approximate surface area is 105 Å². The number of rotatable bonds is 3. The predicted octanol–water partition coefficient (Wildman–Crippen LogP) is 3.75. The Kier molecular flexibility index (Phi) is 2.96. The molecule has 92 valence electrons. The molecule has 1 aromatic carbocycles. The Morgan fingerprint density at radius 3 is 2.65 bits per heavy atom. The standard InChI is InChI=1S/C16H23N/c1-13-7-8-16(9-10-16)11-15(13)17-12-14-5-3-2-4-6-14/h2-6,13,15,17H,7-12H2,1H3/t13-,15+/m0/s1. The molecular formula is C16H23N. The molecular weight excluding hydrogens is 206 g/mol. The highest BCUT2D eigenvalue weighted by Gasteiger charge is 2.47. The lowest BCUT2D eigenvalue weighted by molar-refractivity contribution is 0.201. The van der Waals surface area contributed by atoms with Crippen LogP contribution in [0.15, 0.2) is 30.3 Å². The molecule has 2 aliphatic carbocycles. The minimum Gasteiger partial charge on any atom is -0.310 e. The molecule has 1 aromatic rings. The van der Waals surface area contributed by atoms with E-state index >= 15 is 0 Å². The van der Waals surface area contributed by atoms with Crippen molar-refractivity contribution in [2.24, 2.45) is 11.3 Å². The van der Waals surface area contributed by atoms with Crippen LogP contribution in [0.25, 0.3) is 0 Å². The number of hydrogen-bond donors (Lipinski definition) is 1. The van der Waals surface area contributed by atoms with Gasteiger partial charge in [0.25, 0.3) is 0 Å². The van der Waals surface area contributed by atoms with Crippen molar-refractivity contribution in [3.05, 3.63) is 35.9 Å². The Bertz CT molecular complexity index is 366. The van der Waals surface area contributed by atoms with Crippen molar-refractivity contribution < 1.29 is 0 Å². The Hall–Kier alpha value is -0.820. The molecule has 3 rings (SSSR count). The quantitative estimate of drug-likeness (QED) is 0.832. The zero-order valence-corrected chi connectivity index (χ0v) is 10.8. The van der Waals surface area contributed by atoms with Crippen molar-refractivity contribution in [2.45, 2.75) is 51.6 Å². The third kappa shape index (κ3) is 2.55. The van der Waals surface area contributed by atoms with Gasteiger partial charge in [0.15, 0.2) is 0 Å². The van der Waals surface area contributed by atoms with Gasteiger partial charge >= 0.3 is 0 Å². The van der Waals surface area contributed by atoms with Crippen LogP contribution >= 0.6 is 0 Å². The maximum absolute atomic E-state index is 3.78. The van der Waals surface area contributed by atoms with E-state index in [1.807, 2.05) is 0 Å². The molecule has 2 saturated carbocycles. The van der Waals surface area contributed by atoms with Crippen LogP contribution in [0, 0.1) is 11.3 Å². The SMILES string of the molecule is C[C@H]1CCC2(CC2)C[C@H]1NCc1ccccc1. The Morgan fingerprint density at radius 1 is 1.18 bits per heavy atom. The molecule has 0 saturated heterocycles. The second-order valence-electron chi connectivity index (χ2n) is 6.19. The van der Waals surface area contributed by atoms with E-state index in [2.05, 4.69) is 42.6 Å². The highest BCUT2D eigenvalue weighted by Crippen LogP contribution is 2.57. The van der Waals surface area contributed by atoms with Gasteiger partial charge in [-0.1, -0.05) is 37.3 Å². The number of benzene rings is 1. The fourth-order valence-corrected chi connectivity index (χ4v) is 3.25. The highest BCUT2D eigenvalue weighted by atomic mass is 14.9. The maximum atomic E-state index is 3.78. The largest absolute Gasteiger partial charge is 0.310 e. The average molecular weight is 229 g/mol. The van der Waals surface area contributed by atoms with Crippen LogP contribution in [0.3, 0.4) is 0 Å². The lowest BCUT2D eigenvalue weighted by Crippen LogP contribution is -2.40. The number of hydrogen-bond acceptors (Lipinski definition) is 1. The van der Waals surface area contributed by atoms with Crippen LogP contribution in [0.1, 0.15) is 44.6 Å². The van der Waals surface area contributed by atoms with Gasteiger partial charge in [0.05, 0.1) is 0 Å². The van der Waals surface area contributed by atoms with E-state index < -0.39 is 0 Å². The first kappa shape index (κ1) is 11.3. The third-order valence-corrected chi connectivity index (χ3v) is 4.84. The van der Waals surface area contributed by atoms with Gasteiger partial charge in [-0.2, -0.15) is 0 Å². The summed E-state index contributed by atoms with van der Waals surface area (Å²) in [4.78, 5) is 0. The summed E-state index contributed by atoms with van der Waals surface area (Å²) in [6, 6.07) is 11.5. The summed E-state index contributed by atoms with van der Waals surface area (Å²) in [5, 5.41) is 3.78. The summed E-state index contributed by atoms with van der Waals surface area (Å²) in [6.45, 7) is 3.45. The van der Waals surface area contributed by atoms with Gasteiger partial charge < -0.3 is 5.32 Å². The van der Waals surface area contributed by atoms with Gasteiger partial charge in [-0.3, -0.25) is 0 Å². The van der Waals surface area contributed by atoms with Crippen LogP contribution in [0.5, 0.6) is 0 Å². The minimum atomic E-state index is 0.742. The van der Waals surface area contributed by atoms with Gasteiger partial charge in [0, 0.05) is 12.6 Å². The van der Waals surface area contributed by atoms with Crippen molar-refractivity contribution >= 4 is 0 Å². The van der Waals surface area contributed by atoms with Crippen molar-refractivity contribution in [1.29, 1.82) is 0 Å². The normalized spacial score (nSPS) is 30.4. The van der Waals surface area contributed by atoms with Crippen LogP contribution in [0.4, 0.5) is 0 Å². The average Bonchev–Trinajstić information content (AvgIpc) is 3.12. The molecule has 17 heavy (non-hydrogen) atoms. The van der Waals surface area contributed by atoms with Gasteiger partial charge in [-0.15, -0.1) is 0 Å². The monoisotopic (exact) mass is 229 g/mol. The van der Waals surface area contributed by atoms with E-state index in [1.54, 1.807) is 0 Å². The van der Waals surface area contributed by atoms with Crippen LogP contribution < -0.4 is 5.32 Å². The minimum absolute atomic E-state index is 0.742. The molecule has 0 unspecified atom stereocenters. The second kappa shape index (κ2) is 4.45. The first-order valence-corrected chi connectivity index (χ1v) is 7.05. The molecule has 0 radical (unpaired) electrons. The molecule has 1 N–H and O–H groups in total. The van der Waals surface area contributed by atoms with Crippen LogP contribution in [0.2, 0.25) is 0 Å². The maximum Gasteiger partial charge on any atom is 0.0208 e. The zero-order chi connectivity index (χ0) is 11.7. The van der Waals surface area contributed by atoms with Crippen LogP contribution in [-0.4, -0.2) is 6.04 Å². The molecule has 0 heterocycles. The fourth-order valence-electron chi connectivity index (χ4n) is 3.25. The van der Waals surface area contributed by atoms with Gasteiger partial charge in [0.2, 0.25) is 0 Å². The summed E-state index contributed by atoms with van der Waals surface area (Å²) in [6.07, 6.45) is 7.30. The molecule has 2 fully saturated rings. The summed E-state index contributed by atoms with van der Waals surface area (Å²) in [5.41, 5.74) is 2.18. The Morgan fingerprint density at radius 2 is 1.94 bits per heavy atom. The van der Waals surface area contributed by atoms with Crippen molar-refractivity contribution in [3.63, 3.8) is 0 Å². The molecule has 1 heteroatoms. The van der Waals surface area contributed by atoms with E-state index in [0.717, 1.165) is 23.9 Å². The van der Waals surface area contributed by atoms with Gasteiger partial charge in [-0.05, 0) is 49.0 Å². The molecule has 0 bridgehead atoms. The van der Waals surface area contributed by atoms with Crippen LogP contribution in [-0.2, 0) is 6.54 Å². The summed E-state index contributed by atoms with van der Waals surface area (Å²) in [5.74, 6) is 0.852. The first-order valence-electron chi connectivity index (χ1n) is 7.05. The Balaban J connectivity index is 1.57. The topological polar surface area (TPSA) is 12.0 Å². The summed E-state index contributed by atoms with van der Waals surface area (Å²) < 4.78 is 0. The van der Waals surface area contributed by atoms with E-state index in [4.69, 9.17) is 0 Å². The van der Waals surface area contributed by atoms with E-state index in [0.29, 0.717) is 0 Å². The van der Waals surface area contributed by atoms with Crippen molar-refractivity contribution in [2.75, 3.05) is 0 Å². The zero-order valence-electron chi connectivity index (χ0n) is 10.8. The molecule has 2 atom stereocenters. The molecule has 0 aromatic heterocycles. The lowest BCUT2D eigenvalue weighted by Gasteiger charge is -2.35. The smallest absolute Gasteiger partial charge is 0.0208 e. The molecule has 0 amide bonds. The fraction of sp³-hybridized carbons (Fsp3) is 0.625.